The fourth-order valence-corrected chi connectivity index (χ4v) is 1.64. The minimum atomic E-state index is 0.0491. The Morgan fingerprint density at radius 2 is 1.63 bits per heavy atom. The van der Waals surface area contributed by atoms with E-state index in [9.17, 15) is 10.2 Å². The van der Waals surface area contributed by atoms with Crippen molar-refractivity contribution in [1.82, 2.24) is 0 Å². The maximum Gasteiger partial charge on any atom is 0.146 e. The third-order valence-corrected chi connectivity index (χ3v) is 2.61. The van der Waals surface area contributed by atoms with E-state index in [4.69, 9.17) is 0 Å². The second kappa shape index (κ2) is 5.82. The average Bonchev–Trinajstić information content (AvgIpc) is 2.42. The largest absolute Gasteiger partial charge is 0.506 e. The molecular formula is C15H14N2O2. The van der Waals surface area contributed by atoms with Gasteiger partial charge in [-0.25, -0.2) is 0 Å². The molecule has 2 rings (SSSR count). The van der Waals surface area contributed by atoms with E-state index < -0.39 is 0 Å². The number of aromatic hydroxyl groups is 2. The van der Waals surface area contributed by atoms with Gasteiger partial charge in [-0.15, -0.1) is 16.8 Å². The van der Waals surface area contributed by atoms with Gasteiger partial charge < -0.3 is 10.2 Å². The smallest absolute Gasteiger partial charge is 0.146 e. The van der Waals surface area contributed by atoms with Gasteiger partial charge in [0.1, 0.15) is 22.9 Å². The normalized spacial score (nSPS) is 10.7. The molecule has 0 saturated heterocycles. The number of phenolic OH excluding ortho intramolecular Hbond substituents is 2. The van der Waals surface area contributed by atoms with Gasteiger partial charge in [0.15, 0.2) is 0 Å². The van der Waals surface area contributed by atoms with Crippen molar-refractivity contribution in [3.63, 3.8) is 0 Å². The Kier molecular flexibility index (Phi) is 3.93. The monoisotopic (exact) mass is 254 g/mol. The fraction of sp³-hybridized carbons (Fsp3) is 0.0667. The van der Waals surface area contributed by atoms with Crippen LogP contribution in [0.1, 0.15) is 5.56 Å². The Morgan fingerprint density at radius 3 is 2.37 bits per heavy atom. The van der Waals surface area contributed by atoms with Crippen LogP contribution in [-0.4, -0.2) is 10.2 Å². The number of rotatable bonds is 4. The lowest BCUT2D eigenvalue weighted by atomic mass is 10.1. The van der Waals surface area contributed by atoms with Crippen molar-refractivity contribution in [3.05, 3.63) is 60.7 Å². The summed E-state index contributed by atoms with van der Waals surface area (Å²) in [6.07, 6.45) is 2.27. The van der Waals surface area contributed by atoms with Gasteiger partial charge in [0.25, 0.3) is 0 Å². The molecule has 0 fully saturated rings. The summed E-state index contributed by atoms with van der Waals surface area (Å²) < 4.78 is 0. The first-order chi connectivity index (χ1) is 9.22. The lowest BCUT2D eigenvalue weighted by Crippen LogP contribution is -1.81. The first-order valence-corrected chi connectivity index (χ1v) is 5.84. The summed E-state index contributed by atoms with van der Waals surface area (Å²) >= 11 is 0. The fourth-order valence-electron chi connectivity index (χ4n) is 1.64. The van der Waals surface area contributed by atoms with Gasteiger partial charge in [-0.05, 0) is 30.2 Å². The van der Waals surface area contributed by atoms with Crippen molar-refractivity contribution in [2.24, 2.45) is 10.2 Å². The van der Waals surface area contributed by atoms with Gasteiger partial charge in [-0.3, -0.25) is 0 Å². The lowest BCUT2D eigenvalue weighted by Gasteiger charge is -2.03. The van der Waals surface area contributed by atoms with E-state index in [1.54, 1.807) is 42.5 Å². The Hall–Kier alpha value is -2.62. The highest BCUT2D eigenvalue weighted by Gasteiger charge is 2.05. The molecule has 0 radical (unpaired) electrons. The van der Waals surface area contributed by atoms with Gasteiger partial charge in [0.2, 0.25) is 0 Å². The van der Waals surface area contributed by atoms with Gasteiger partial charge in [0.05, 0.1) is 0 Å². The van der Waals surface area contributed by atoms with Crippen LogP contribution in [0.15, 0.2) is 65.3 Å². The first-order valence-electron chi connectivity index (χ1n) is 5.84. The molecule has 2 aromatic rings. The quantitative estimate of drug-likeness (QED) is 0.633. The Balaban J connectivity index is 2.31. The number of allylic oxidation sites excluding steroid dienone is 1. The number of hydrogen-bond donors (Lipinski definition) is 2. The van der Waals surface area contributed by atoms with Gasteiger partial charge in [0, 0.05) is 0 Å². The van der Waals surface area contributed by atoms with E-state index in [1.165, 1.54) is 6.07 Å². The zero-order valence-electron chi connectivity index (χ0n) is 10.3. The van der Waals surface area contributed by atoms with Crippen molar-refractivity contribution in [2.75, 3.05) is 0 Å². The van der Waals surface area contributed by atoms with Crippen LogP contribution in [0.3, 0.4) is 0 Å². The zero-order chi connectivity index (χ0) is 13.7. The summed E-state index contributed by atoms with van der Waals surface area (Å²) in [5.41, 5.74) is 1.46. The van der Waals surface area contributed by atoms with E-state index in [-0.39, 0.29) is 11.5 Å². The highest BCUT2D eigenvalue weighted by molar-refractivity contribution is 5.56. The maximum absolute atomic E-state index is 10.0. The summed E-state index contributed by atoms with van der Waals surface area (Å²) in [5, 5.41) is 27.5. The van der Waals surface area contributed by atoms with Gasteiger partial charge >= 0.3 is 0 Å². The van der Waals surface area contributed by atoms with Crippen LogP contribution in [0, 0.1) is 0 Å². The summed E-state index contributed by atoms with van der Waals surface area (Å²) in [5.74, 6) is 0.134. The maximum atomic E-state index is 10.0. The molecule has 2 N–H and O–H groups in total. The number of hydrogen-bond acceptors (Lipinski definition) is 4. The topological polar surface area (TPSA) is 65.2 Å². The Morgan fingerprint density at radius 1 is 0.947 bits per heavy atom. The van der Waals surface area contributed by atoms with E-state index in [1.807, 2.05) is 0 Å². The Labute approximate surface area is 111 Å². The molecule has 0 saturated carbocycles. The predicted octanol–water partition coefficient (Wildman–Crippen LogP) is 4.24. The molecule has 0 unspecified atom stereocenters. The number of azo groups is 1. The number of benzene rings is 2. The predicted molar refractivity (Wildman–Crippen MR) is 74.3 cm³/mol. The Bertz CT molecular complexity index is 621. The van der Waals surface area contributed by atoms with Crippen LogP contribution in [-0.2, 0) is 6.42 Å². The van der Waals surface area contributed by atoms with Crippen LogP contribution in [0.5, 0.6) is 11.5 Å². The zero-order valence-corrected chi connectivity index (χ0v) is 10.3. The van der Waals surface area contributed by atoms with Gasteiger partial charge in [-0.1, -0.05) is 30.3 Å². The van der Waals surface area contributed by atoms with Crippen LogP contribution in [0.4, 0.5) is 11.4 Å². The van der Waals surface area contributed by atoms with E-state index >= 15 is 0 Å². The van der Waals surface area contributed by atoms with Crippen molar-refractivity contribution in [2.45, 2.75) is 6.42 Å². The molecule has 0 atom stereocenters. The summed E-state index contributed by atoms with van der Waals surface area (Å²) in [6, 6.07) is 11.9. The highest BCUT2D eigenvalue weighted by Crippen LogP contribution is 2.33. The average molecular weight is 254 g/mol. The molecule has 0 aromatic heterocycles. The van der Waals surface area contributed by atoms with E-state index in [2.05, 4.69) is 16.8 Å². The molecule has 0 aliphatic heterocycles. The summed E-state index contributed by atoms with van der Waals surface area (Å²) in [7, 11) is 0. The molecule has 96 valence electrons. The molecule has 0 aliphatic carbocycles. The lowest BCUT2D eigenvalue weighted by molar-refractivity contribution is 0.470. The summed E-state index contributed by atoms with van der Waals surface area (Å²) in [4.78, 5) is 0. The van der Waals surface area contributed by atoms with Crippen molar-refractivity contribution in [1.29, 1.82) is 0 Å². The minimum Gasteiger partial charge on any atom is -0.506 e. The molecule has 19 heavy (non-hydrogen) atoms. The van der Waals surface area contributed by atoms with Crippen LogP contribution in [0.25, 0.3) is 0 Å². The standard InChI is InChI=1S/C15H14N2O2/c1-2-6-11-7-5-9-13(15(11)19)17-16-12-8-3-4-10-14(12)18/h2-5,7-10,18-19H,1,6H2. The number of nitrogens with zero attached hydrogens (tertiary/aromatic N) is 2. The minimum absolute atomic E-state index is 0.0491. The third kappa shape index (κ3) is 2.98. The molecule has 0 spiro atoms. The molecule has 2 aromatic carbocycles. The van der Waals surface area contributed by atoms with Crippen LogP contribution in [0.2, 0.25) is 0 Å². The highest BCUT2D eigenvalue weighted by atomic mass is 16.3. The van der Waals surface area contributed by atoms with Crippen LogP contribution >= 0.6 is 0 Å². The number of para-hydroxylation sites is 2. The molecule has 0 aliphatic rings. The van der Waals surface area contributed by atoms with Crippen molar-refractivity contribution < 1.29 is 10.2 Å². The molecule has 0 amide bonds. The molecule has 4 nitrogen and oxygen atoms in total. The molecule has 0 bridgehead atoms. The number of phenols is 2. The van der Waals surface area contributed by atoms with Gasteiger partial charge in [-0.2, -0.15) is 0 Å². The van der Waals surface area contributed by atoms with Crippen molar-refractivity contribution >= 4 is 11.4 Å². The van der Waals surface area contributed by atoms with Crippen molar-refractivity contribution in [3.8, 4) is 11.5 Å². The summed E-state index contributed by atoms with van der Waals surface area (Å²) in [6.45, 7) is 3.63. The van der Waals surface area contributed by atoms with E-state index in [0.717, 1.165) is 5.56 Å². The SMILES string of the molecule is C=CCc1cccc(N=Nc2ccccc2O)c1O. The van der Waals surface area contributed by atoms with Crippen LogP contribution < -0.4 is 0 Å². The second-order valence-electron chi connectivity index (χ2n) is 3.97. The molecule has 4 heteroatoms. The van der Waals surface area contributed by atoms with E-state index in [0.29, 0.717) is 17.8 Å². The molecule has 0 heterocycles. The first kappa shape index (κ1) is 12.8. The molecular weight excluding hydrogens is 240 g/mol. The second-order valence-corrected chi connectivity index (χ2v) is 3.97. The third-order valence-electron chi connectivity index (χ3n) is 2.61.